The minimum Gasteiger partial charge on any atom is -0.385 e. The van der Waals surface area contributed by atoms with E-state index >= 15 is 0 Å². The number of hydrogen-bond acceptors (Lipinski definition) is 3. The van der Waals surface area contributed by atoms with E-state index in [0.29, 0.717) is 0 Å². The summed E-state index contributed by atoms with van der Waals surface area (Å²) < 4.78 is 4.93. The van der Waals surface area contributed by atoms with E-state index < -0.39 is 0 Å². The van der Waals surface area contributed by atoms with E-state index in [0.717, 1.165) is 26.1 Å². The van der Waals surface area contributed by atoms with Crippen molar-refractivity contribution >= 4 is 0 Å². The third-order valence-corrected chi connectivity index (χ3v) is 1.78. The van der Waals surface area contributed by atoms with Gasteiger partial charge in [-0.3, -0.25) is 0 Å². The Morgan fingerprint density at radius 3 is 2.64 bits per heavy atom. The Bertz CT molecular complexity index is 88.2. The van der Waals surface area contributed by atoms with Crippen LogP contribution in [0.2, 0.25) is 0 Å². The molecule has 1 atom stereocenters. The predicted octanol–water partition coefficient (Wildman–Crippen LogP) is 0.302. The second kappa shape index (κ2) is 6.58. The molecular weight excluding hydrogens is 140 g/mol. The predicted molar refractivity (Wildman–Crippen MR) is 47.6 cm³/mol. The van der Waals surface area contributed by atoms with Crippen LogP contribution < -0.4 is 5.73 Å². The van der Waals surface area contributed by atoms with E-state index in [2.05, 4.69) is 18.9 Å². The molecule has 0 heterocycles. The molecule has 0 aliphatic rings. The molecule has 0 saturated carbocycles. The smallest absolute Gasteiger partial charge is 0.0477 e. The van der Waals surface area contributed by atoms with Crippen LogP contribution >= 0.6 is 0 Å². The van der Waals surface area contributed by atoms with Crippen molar-refractivity contribution in [2.75, 3.05) is 33.9 Å². The molecule has 0 fully saturated rings. The molecule has 1 unspecified atom stereocenters. The maximum Gasteiger partial charge on any atom is 0.0477 e. The lowest BCUT2D eigenvalue weighted by atomic mass is 10.2. The summed E-state index contributed by atoms with van der Waals surface area (Å²) in [5, 5.41) is 0. The average Bonchev–Trinajstić information content (AvgIpc) is 2.00. The number of nitrogens with zero attached hydrogens (tertiary/aromatic N) is 1. The topological polar surface area (TPSA) is 38.5 Å². The Labute approximate surface area is 69.5 Å². The fourth-order valence-corrected chi connectivity index (χ4v) is 0.890. The van der Waals surface area contributed by atoms with Gasteiger partial charge in [-0.2, -0.15) is 0 Å². The monoisotopic (exact) mass is 160 g/mol. The van der Waals surface area contributed by atoms with Crippen LogP contribution in [0.15, 0.2) is 0 Å². The van der Waals surface area contributed by atoms with E-state index in [-0.39, 0.29) is 6.04 Å². The molecule has 0 aromatic heterocycles. The van der Waals surface area contributed by atoms with Gasteiger partial charge in [-0.1, -0.05) is 6.92 Å². The van der Waals surface area contributed by atoms with Crippen LogP contribution in [0.5, 0.6) is 0 Å². The fraction of sp³-hybridized carbons (Fsp3) is 1.00. The normalized spacial score (nSPS) is 13.9. The molecule has 3 nitrogen and oxygen atoms in total. The standard InChI is InChI=1S/C8H20N2O/c1-4-10(2)7-8(9)5-6-11-3/h8H,4-7,9H2,1-3H3. The highest BCUT2D eigenvalue weighted by Gasteiger charge is 2.03. The van der Waals surface area contributed by atoms with E-state index in [1.807, 2.05) is 0 Å². The Morgan fingerprint density at radius 1 is 1.55 bits per heavy atom. The first-order valence-electron chi connectivity index (χ1n) is 4.13. The minimum absolute atomic E-state index is 0.250. The first-order valence-corrected chi connectivity index (χ1v) is 4.13. The van der Waals surface area contributed by atoms with Crippen molar-refractivity contribution in [3.05, 3.63) is 0 Å². The summed E-state index contributed by atoms with van der Waals surface area (Å²) in [5.74, 6) is 0. The van der Waals surface area contributed by atoms with Gasteiger partial charge >= 0.3 is 0 Å². The maximum absolute atomic E-state index is 5.81. The van der Waals surface area contributed by atoms with Gasteiger partial charge in [-0.05, 0) is 20.0 Å². The number of hydrogen-bond donors (Lipinski definition) is 1. The van der Waals surface area contributed by atoms with Crippen molar-refractivity contribution in [1.82, 2.24) is 4.90 Å². The van der Waals surface area contributed by atoms with Gasteiger partial charge in [0.05, 0.1) is 0 Å². The van der Waals surface area contributed by atoms with Crippen LogP contribution in [-0.2, 0) is 4.74 Å². The third-order valence-electron chi connectivity index (χ3n) is 1.78. The van der Waals surface area contributed by atoms with E-state index in [1.165, 1.54) is 0 Å². The molecule has 0 radical (unpaired) electrons. The van der Waals surface area contributed by atoms with Crippen molar-refractivity contribution in [3.8, 4) is 0 Å². The van der Waals surface area contributed by atoms with Crippen molar-refractivity contribution in [2.45, 2.75) is 19.4 Å². The molecule has 0 aliphatic carbocycles. The number of methoxy groups -OCH3 is 1. The number of rotatable bonds is 6. The summed E-state index contributed by atoms with van der Waals surface area (Å²) in [6.45, 7) is 4.91. The maximum atomic E-state index is 5.81. The van der Waals surface area contributed by atoms with Crippen molar-refractivity contribution in [1.29, 1.82) is 0 Å². The molecule has 11 heavy (non-hydrogen) atoms. The summed E-state index contributed by atoms with van der Waals surface area (Å²) in [6, 6.07) is 0.250. The Morgan fingerprint density at radius 2 is 2.18 bits per heavy atom. The molecule has 0 aromatic carbocycles. The Balaban J connectivity index is 3.27. The first-order chi connectivity index (χ1) is 5.20. The molecule has 2 N–H and O–H groups in total. The minimum atomic E-state index is 0.250. The van der Waals surface area contributed by atoms with Gasteiger partial charge in [0.15, 0.2) is 0 Å². The summed E-state index contributed by atoms with van der Waals surface area (Å²) in [7, 11) is 3.78. The Hall–Kier alpha value is -0.120. The highest BCUT2D eigenvalue weighted by Crippen LogP contribution is 1.91. The SMILES string of the molecule is CCN(C)CC(N)CCOC. The van der Waals surface area contributed by atoms with Crippen LogP contribution in [0, 0.1) is 0 Å². The van der Waals surface area contributed by atoms with Crippen molar-refractivity contribution in [3.63, 3.8) is 0 Å². The average molecular weight is 160 g/mol. The van der Waals surface area contributed by atoms with Gasteiger partial charge in [0.25, 0.3) is 0 Å². The highest BCUT2D eigenvalue weighted by molar-refractivity contribution is 4.64. The van der Waals surface area contributed by atoms with E-state index in [1.54, 1.807) is 7.11 Å². The summed E-state index contributed by atoms with van der Waals surface area (Å²) >= 11 is 0. The van der Waals surface area contributed by atoms with Gasteiger partial charge in [-0.15, -0.1) is 0 Å². The van der Waals surface area contributed by atoms with E-state index in [9.17, 15) is 0 Å². The number of nitrogens with two attached hydrogens (primary N) is 1. The number of ether oxygens (including phenoxy) is 1. The second-order valence-electron chi connectivity index (χ2n) is 2.90. The summed E-state index contributed by atoms with van der Waals surface area (Å²) in [4.78, 5) is 2.21. The zero-order chi connectivity index (χ0) is 8.69. The highest BCUT2D eigenvalue weighted by atomic mass is 16.5. The molecule has 0 aromatic rings. The molecule has 0 rings (SSSR count). The molecule has 0 aliphatic heterocycles. The molecule has 0 saturated heterocycles. The van der Waals surface area contributed by atoms with Crippen LogP contribution in [0.3, 0.4) is 0 Å². The van der Waals surface area contributed by atoms with Gasteiger partial charge < -0.3 is 15.4 Å². The van der Waals surface area contributed by atoms with Crippen LogP contribution in [0.25, 0.3) is 0 Å². The molecule has 3 heteroatoms. The van der Waals surface area contributed by atoms with E-state index in [4.69, 9.17) is 10.5 Å². The quantitative estimate of drug-likeness (QED) is 0.607. The Kier molecular flexibility index (Phi) is 6.51. The van der Waals surface area contributed by atoms with Crippen molar-refractivity contribution in [2.24, 2.45) is 5.73 Å². The summed E-state index contributed by atoms with van der Waals surface area (Å²) in [5.41, 5.74) is 5.81. The molecule has 0 spiro atoms. The third kappa shape index (κ3) is 6.28. The van der Waals surface area contributed by atoms with Crippen LogP contribution in [0.4, 0.5) is 0 Å². The lowest BCUT2D eigenvalue weighted by Gasteiger charge is -2.18. The molecular formula is C8H20N2O. The zero-order valence-corrected chi connectivity index (χ0v) is 7.84. The second-order valence-corrected chi connectivity index (χ2v) is 2.90. The van der Waals surface area contributed by atoms with Crippen LogP contribution in [-0.4, -0.2) is 44.8 Å². The molecule has 0 bridgehead atoms. The van der Waals surface area contributed by atoms with Gasteiger partial charge in [0, 0.05) is 26.3 Å². The lowest BCUT2D eigenvalue weighted by molar-refractivity contribution is 0.180. The zero-order valence-electron chi connectivity index (χ0n) is 7.84. The van der Waals surface area contributed by atoms with Crippen LogP contribution in [0.1, 0.15) is 13.3 Å². The van der Waals surface area contributed by atoms with Gasteiger partial charge in [0.2, 0.25) is 0 Å². The number of likely N-dealkylation sites (N-methyl/N-ethyl adjacent to an activating group) is 1. The van der Waals surface area contributed by atoms with Gasteiger partial charge in [-0.25, -0.2) is 0 Å². The molecule has 0 amide bonds. The van der Waals surface area contributed by atoms with Crippen molar-refractivity contribution < 1.29 is 4.74 Å². The fourth-order valence-electron chi connectivity index (χ4n) is 0.890. The lowest BCUT2D eigenvalue weighted by Crippen LogP contribution is -2.35. The molecule has 68 valence electrons. The summed E-state index contributed by atoms with van der Waals surface area (Å²) in [6.07, 6.45) is 0.945. The van der Waals surface area contributed by atoms with Gasteiger partial charge in [0.1, 0.15) is 0 Å². The first kappa shape index (κ1) is 10.9. The largest absolute Gasteiger partial charge is 0.385 e.